The van der Waals surface area contributed by atoms with E-state index in [1.54, 1.807) is 19.3 Å². The van der Waals surface area contributed by atoms with Crippen LogP contribution in [0.2, 0.25) is 0 Å². The van der Waals surface area contributed by atoms with Crippen molar-refractivity contribution in [3.8, 4) is 0 Å². The number of aromatic nitrogens is 3. The predicted molar refractivity (Wildman–Crippen MR) is 125 cm³/mol. The summed E-state index contributed by atoms with van der Waals surface area (Å²) in [5.41, 5.74) is 1.22. The lowest BCUT2D eigenvalue weighted by Gasteiger charge is -2.08. The average molecular weight is 485 g/mol. The third-order valence-electron chi connectivity index (χ3n) is 4.88. The summed E-state index contributed by atoms with van der Waals surface area (Å²) in [5, 5.41) is 2.83. The molecule has 0 aliphatic carbocycles. The minimum Gasteiger partial charge on any atom is -0.347 e. The van der Waals surface area contributed by atoms with Gasteiger partial charge in [0, 0.05) is 35.6 Å². The number of thiazole rings is 1. The van der Waals surface area contributed by atoms with Crippen molar-refractivity contribution in [2.24, 2.45) is 0 Å². The van der Waals surface area contributed by atoms with Crippen molar-refractivity contribution in [2.75, 3.05) is 7.11 Å². The molecule has 3 aromatic heterocycles. The average Bonchev–Trinajstić information content (AvgIpc) is 3.30. The molecule has 3 heterocycles. The highest BCUT2D eigenvalue weighted by atomic mass is 32.2. The van der Waals surface area contributed by atoms with Crippen LogP contribution in [0.1, 0.15) is 26.4 Å². The third kappa shape index (κ3) is 5.06. The summed E-state index contributed by atoms with van der Waals surface area (Å²) in [4.78, 5) is 48.8. The molecule has 0 radical (unpaired) electrons. The number of carbonyl (C=O) groups excluding carboxylic acids is 1. The standard InChI is InChI=1S/C22H20N4O5S2/c1-14-20(28)25(12-16-3-5-17(6-4-16)33-31-30-2)22(29)26-13-18(32-21(14)26)19(27)24-11-15-7-9-23-10-8-15/h3-10,13H,11-12H2,1-2H3,(H,24,27). The number of rotatable bonds is 8. The van der Waals surface area contributed by atoms with E-state index in [4.69, 9.17) is 4.33 Å². The van der Waals surface area contributed by atoms with Gasteiger partial charge >= 0.3 is 5.69 Å². The number of carbonyl (C=O) groups is 1. The highest BCUT2D eigenvalue weighted by molar-refractivity contribution is 7.94. The SMILES string of the molecule is COOSc1ccc(Cn2c(=O)c(C)c3sc(C(=O)NCc4ccncc4)cn3c2=O)cc1. The zero-order valence-corrected chi connectivity index (χ0v) is 19.4. The lowest BCUT2D eigenvalue weighted by Crippen LogP contribution is -2.38. The summed E-state index contributed by atoms with van der Waals surface area (Å²) >= 11 is 2.17. The molecule has 1 aromatic carbocycles. The van der Waals surface area contributed by atoms with Crippen molar-refractivity contribution in [2.45, 2.75) is 24.9 Å². The zero-order valence-electron chi connectivity index (χ0n) is 17.8. The molecule has 33 heavy (non-hydrogen) atoms. The van der Waals surface area contributed by atoms with E-state index in [1.165, 1.54) is 22.3 Å². The number of hydrogen-bond donors (Lipinski definition) is 1. The Hall–Kier alpha value is -3.25. The Bertz CT molecular complexity index is 1390. The maximum absolute atomic E-state index is 13.1. The minimum atomic E-state index is -0.494. The van der Waals surface area contributed by atoms with E-state index in [-0.39, 0.29) is 18.0 Å². The molecule has 0 saturated heterocycles. The van der Waals surface area contributed by atoms with E-state index in [1.807, 2.05) is 36.4 Å². The Kier molecular flexibility index (Phi) is 7.04. The van der Waals surface area contributed by atoms with Crippen molar-refractivity contribution < 1.29 is 14.0 Å². The fourth-order valence-corrected chi connectivity index (χ4v) is 4.58. The topological polar surface area (TPSA) is 104 Å². The molecule has 0 unspecified atom stereocenters. The van der Waals surface area contributed by atoms with Crippen LogP contribution in [0, 0.1) is 6.92 Å². The predicted octanol–water partition coefficient (Wildman–Crippen LogP) is 2.79. The summed E-state index contributed by atoms with van der Waals surface area (Å²) < 4.78 is 7.35. The van der Waals surface area contributed by atoms with Crippen molar-refractivity contribution >= 4 is 34.1 Å². The van der Waals surface area contributed by atoms with E-state index < -0.39 is 5.69 Å². The molecule has 9 nitrogen and oxygen atoms in total. The van der Waals surface area contributed by atoms with E-state index in [0.717, 1.165) is 39.4 Å². The highest BCUT2D eigenvalue weighted by Gasteiger charge is 2.17. The molecule has 4 aromatic rings. The van der Waals surface area contributed by atoms with Gasteiger partial charge in [-0.2, -0.15) is 4.33 Å². The summed E-state index contributed by atoms with van der Waals surface area (Å²) in [6.45, 7) is 2.10. The zero-order chi connectivity index (χ0) is 23.4. The van der Waals surface area contributed by atoms with Crippen LogP contribution in [0.5, 0.6) is 0 Å². The van der Waals surface area contributed by atoms with Crippen LogP contribution in [0.4, 0.5) is 0 Å². The molecule has 0 atom stereocenters. The molecule has 0 spiro atoms. The number of nitrogens with zero attached hydrogens (tertiary/aromatic N) is 3. The van der Waals surface area contributed by atoms with E-state index in [9.17, 15) is 14.4 Å². The summed E-state index contributed by atoms with van der Waals surface area (Å²) in [7, 11) is 1.42. The molecule has 0 bridgehead atoms. The summed E-state index contributed by atoms with van der Waals surface area (Å²) in [5.74, 6) is -0.315. The van der Waals surface area contributed by atoms with Crippen LogP contribution in [0.15, 0.2) is 69.5 Å². The van der Waals surface area contributed by atoms with Gasteiger partial charge in [-0.25, -0.2) is 9.68 Å². The Balaban J connectivity index is 1.59. The van der Waals surface area contributed by atoms with Crippen LogP contribution < -0.4 is 16.6 Å². The monoisotopic (exact) mass is 484 g/mol. The smallest absolute Gasteiger partial charge is 0.336 e. The van der Waals surface area contributed by atoms with Crippen molar-refractivity contribution in [3.05, 3.63) is 97.4 Å². The fourth-order valence-electron chi connectivity index (χ4n) is 3.19. The maximum atomic E-state index is 13.1. The number of benzene rings is 1. The Labute approximate surface area is 196 Å². The quantitative estimate of drug-likeness (QED) is 0.233. The molecular formula is C22H20N4O5S2. The van der Waals surface area contributed by atoms with Gasteiger partial charge in [0.15, 0.2) is 0 Å². The molecule has 11 heteroatoms. The lowest BCUT2D eigenvalue weighted by atomic mass is 10.2. The molecule has 4 rings (SSSR count). The number of aryl methyl sites for hydroxylation is 1. The highest BCUT2D eigenvalue weighted by Crippen LogP contribution is 2.20. The van der Waals surface area contributed by atoms with E-state index in [0.29, 0.717) is 21.8 Å². The number of amides is 1. The van der Waals surface area contributed by atoms with Gasteiger partial charge in [-0.1, -0.05) is 12.1 Å². The van der Waals surface area contributed by atoms with Gasteiger partial charge in [0.05, 0.1) is 25.7 Å². The van der Waals surface area contributed by atoms with Crippen LogP contribution in [0.3, 0.4) is 0 Å². The van der Waals surface area contributed by atoms with E-state index >= 15 is 0 Å². The first kappa shape index (κ1) is 22.9. The number of hydrogen-bond acceptors (Lipinski definition) is 8. The molecule has 1 N–H and O–H groups in total. The van der Waals surface area contributed by atoms with Crippen LogP contribution in [0.25, 0.3) is 4.83 Å². The van der Waals surface area contributed by atoms with Gasteiger partial charge in [0.1, 0.15) is 9.71 Å². The second-order valence-electron chi connectivity index (χ2n) is 7.07. The molecule has 1 amide bonds. The summed E-state index contributed by atoms with van der Waals surface area (Å²) in [6, 6.07) is 10.8. The lowest BCUT2D eigenvalue weighted by molar-refractivity contribution is -0.160. The second kappa shape index (κ2) is 10.1. The van der Waals surface area contributed by atoms with Gasteiger partial charge in [0.25, 0.3) is 11.5 Å². The molecule has 170 valence electrons. The number of fused-ring (bicyclic) bond motifs is 1. The van der Waals surface area contributed by atoms with Crippen LogP contribution in [-0.2, 0) is 22.3 Å². The minimum absolute atomic E-state index is 0.108. The molecular weight excluding hydrogens is 464 g/mol. The third-order valence-corrected chi connectivity index (χ3v) is 6.76. The van der Waals surface area contributed by atoms with Crippen LogP contribution >= 0.6 is 23.4 Å². The molecule has 0 aliphatic rings. The van der Waals surface area contributed by atoms with Gasteiger partial charge in [-0.05, 0) is 42.3 Å². The maximum Gasteiger partial charge on any atom is 0.336 e. The van der Waals surface area contributed by atoms with Gasteiger partial charge in [0.2, 0.25) is 0 Å². The Morgan fingerprint density at radius 1 is 1.12 bits per heavy atom. The first-order valence-electron chi connectivity index (χ1n) is 9.87. The van der Waals surface area contributed by atoms with Crippen molar-refractivity contribution in [1.29, 1.82) is 0 Å². The molecule has 0 saturated carbocycles. The fraction of sp³-hybridized carbons (Fsp3) is 0.182. The van der Waals surface area contributed by atoms with E-state index in [2.05, 4.69) is 15.2 Å². The first-order chi connectivity index (χ1) is 16.0. The number of nitrogens with one attached hydrogen (secondary N) is 1. The van der Waals surface area contributed by atoms with Crippen molar-refractivity contribution in [3.63, 3.8) is 0 Å². The Morgan fingerprint density at radius 3 is 2.55 bits per heavy atom. The second-order valence-corrected chi connectivity index (χ2v) is 8.87. The van der Waals surface area contributed by atoms with Gasteiger partial charge < -0.3 is 5.32 Å². The summed E-state index contributed by atoms with van der Waals surface area (Å²) in [6.07, 6.45) is 4.78. The number of pyridine rings is 1. The van der Waals surface area contributed by atoms with Crippen LogP contribution in [-0.4, -0.2) is 27.0 Å². The first-order valence-corrected chi connectivity index (χ1v) is 11.4. The molecule has 0 aliphatic heterocycles. The van der Waals surface area contributed by atoms with Gasteiger partial charge in [-0.15, -0.1) is 11.3 Å². The Morgan fingerprint density at radius 2 is 1.85 bits per heavy atom. The largest absolute Gasteiger partial charge is 0.347 e. The molecule has 0 fully saturated rings. The van der Waals surface area contributed by atoms with Gasteiger partial charge in [-0.3, -0.25) is 23.5 Å². The normalized spacial score (nSPS) is 11.1. The van der Waals surface area contributed by atoms with Crippen molar-refractivity contribution in [1.82, 2.24) is 19.3 Å².